The number of aromatic nitrogens is 1. The van der Waals surface area contributed by atoms with Crippen molar-refractivity contribution >= 4 is 11.7 Å². The first kappa shape index (κ1) is 14.3. The van der Waals surface area contributed by atoms with Crippen molar-refractivity contribution in [3.05, 3.63) is 23.0 Å². The second-order valence-electron chi connectivity index (χ2n) is 4.37. The summed E-state index contributed by atoms with van der Waals surface area (Å²) < 4.78 is 4.91. The first-order valence-electron chi connectivity index (χ1n) is 6.76. The maximum absolute atomic E-state index is 11.8. The molecule has 1 aliphatic carbocycles. The number of hydrogen-bond donors (Lipinski definition) is 1. The highest BCUT2D eigenvalue weighted by molar-refractivity contribution is 6.07. The molecule has 20 heavy (non-hydrogen) atoms. The minimum absolute atomic E-state index is 0.0664. The van der Waals surface area contributed by atoms with Gasteiger partial charge in [-0.05, 0) is 33.1 Å². The normalized spacial score (nSPS) is 15.8. The van der Waals surface area contributed by atoms with Crippen LogP contribution >= 0.6 is 0 Å². The van der Waals surface area contributed by atoms with Crippen LogP contribution in [0.5, 0.6) is 5.75 Å². The van der Waals surface area contributed by atoms with Gasteiger partial charge in [0, 0.05) is 6.20 Å². The molecule has 1 N–H and O–H groups in total. The average Bonchev–Trinajstić information content (AvgIpc) is 2.45. The Kier molecular flexibility index (Phi) is 4.55. The van der Waals surface area contributed by atoms with Gasteiger partial charge in [0.05, 0.1) is 23.6 Å². The molecule has 0 amide bonds. The molecular weight excluding hydrogens is 260 g/mol. The first-order chi connectivity index (χ1) is 9.69. The number of oxime groups is 1. The minimum atomic E-state index is -0.582. The number of ether oxygens (including phenoxy) is 1. The number of carbonyl (C=O) groups is 1. The van der Waals surface area contributed by atoms with Crippen LogP contribution in [0.1, 0.15) is 48.3 Å². The van der Waals surface area contributed by atoms with E-state index in [2.05, 4.69) is 10.1 Å². The van der Waals surface area contributed by atoms with E-state index in [-0.39, 0.29) is 17.9 Å². The number of esters is 1. The van der Waals surface area contributed by atoms with Gasteiger partial charge < -0.3 is 14.7 Å². The summed E-state index contributed by atoms with van der Waals surface area (Å²) in [4.78, 5) is 21.1. The zero-order chi connectivity index (χ0) is 14.5. The van der Waals surface area contributed by atoms with Crippen molar-refractivity contribution in [2.45, 2.75) is 33.1 Å². The zero-order valence-electron chi connectivity index (χ0n) is 11.7. The lowest BCUT2D eigenvalue weighted by Gasteiger charge is -2.19. The predicted molar refractivity (Wildman–Crippen MR) is 73.0 cm³/mol. The number of rotatable bonds is 4. The first-order valence-corrected chi connectivity index (χ1v) is 6.76. The largest absolute Gasteiger partial charge is 0.506 e. The van der Waals surface area contributed by atoms with Crippen LogP contribution in [-0.4, -0.2) is 35.0 Å². The Balaban J connectivity index is 2.45. The van der Waals surface area contributed by atoms with Gasteiger partial charge in [-0.15, -0.1) is 0 Å². The Bertz CT molecular complexity index is 540. The van der Waals surface area contributed by atoms with E-state index in [1.807, 2.05) is 6.92 Å². The second-order valence-corrected chi connectivity index (χ2v) is 4.37. The molecule has 0 unspecified atom stereocenters. The van der Waals surface area contributed by atoms with Crippen molar-refractivity contribution in [2.75, 3.05) is 13.2 Å². The summed E-state index contributed by atoms with van der Waals surface area (Å²) in [5.41, 5.74) is 1.94. The molecule has 1 aliphatic rings. The molecule has 0 aromatic carbocycles. The van der Waals surface area contributed by atoms with Gasteiger partial charge in [-0.1, -0.05) is 5.16 Å². The highest BCUT2D eigenvalue weighted by atomic mass is 16.6. The molecule has 108 valence electrons. The fourth-order valence-electron chi connectivity index (χ4n) is 2.17. The number of pyridine rings is 1. The molecule has 0 aliphatic heterocycles. The van der Waals surface area contributed by atoms with Crippen molar-refractivity contribution in [1.82, 2.24) is 4.98 Å². The summed E-state index contributed by atoms with van der Waals surface area (Å²) in [5.74, 6) is -0.701. The van der Waals surface area contributed by atoms with Gasteiger partial charge in [0.15, 0.2) is 0 Å². The third-order valence-corrected chi connectivity index (χ3v) is 3.04. The van der Waals surface area contributed by atoms with Gasteiger partial charge in [0.1, 0.15) is 17.9 Å². The van der Waals surface area contributed by atoms with Crippen LogP contribution in [0.3, 0.4) is 0 Å². The van der Waals surface area contributed by atoms with Crippen LogP contribution in [0.4, 0.5) is 0 Å². The number of nitrogens with zero attached hydrogens (tertiary/aromatic N) is 2. The number of fused-ring (bicyclic) bond motifs is 1. The molecule has 0 spiro atoms. The summed E-state index contributed by atoms with van der Waals surface area (Å²) >= 11 is 0. The third-order valence-electron chi connectivity index (χ3n) is 3.04. The highest BCUT2D eigenvalue weighted by Crippen LogP contribution is 2.31. The fourth-order valence-corrected chi connectivity index (χ4v) is 2.17. The van der Waals surface area contributed by atoms with E-state index < -0.39 is 5.97 Å². The van der Waals surface area contributed by atoms with Gasteiger partial charge >= 0.3 is 5.97 Å². The Morgan fingerprint density at radius 2 is 2.20 bits per heavy atom. The van der Waals surface area contributed by atoms with Gasteiger partial charge in [0.2, 0.25) is 0 Å². The maximum Gasteiger partial charge on any atom is 0.343 e. The Labute approximate surface area is 117 Å². The smallest absolute Gasteiger partial charge is 0.343 e. The van der Waals surface area contributed by atoms with Gasteiger partial charge in [-0.2, -0.15) is 0 Å². The summed E-state index contributed by atoms with van der Waals surface area (Å²) in [7, 11) is 0. The van der Waals surface area contributed by atoms with E-state index in [0.29, 0.717) is 24.3 Å². The summed E-state index contributed by atoms with van der Waals surface area (Å²) in [6, 6.07) is 0. The van der Waals surface area contributed by atoms with Crippen molar-refractivity contribution in [3.8, 4) is 5.75 Å². The molecule has 0 bridgehead atoms. The fraction of sp³-hybridized carbons (Fsp3) is 0.500. The van der Waals surface area contributed by atoms with Crippen molar-refractivity contribution < 1.29 is 19.5 Å². The summed E-state index contributed by atoms with van der Waals surface area (Å²) in [6.45, 7) is 4.24. The molecule has 2 rings (SSSR count). The van der Waals surface area contributed by atoms with Crippen LogP contribution in [0, 0.1) is 0 Å². The molecule has 1 aromatic rings. The maximum atomic E-state index is 11.8. The van der Waals surface area contributed by atoms with Crippen molar-refractivity contribution in [1.29, 1.82) is 0 Å². The van der Waals surface area contributed by atoms with E-state index in [4.69, 9.17) is 9.57 Å². The molecule has 6 nitrogen and oxygen atoms in total. The second kappa shape index (κ2) is 6.36. The lowest BCUT2D eigenvalue weighted by atomic mass is 9.92. The van der Waals surface area contributed by atoms with Gasteiger partial charge in [0.25, 0.3) is 0 Å². The molecule has 0 radical (unpaired) electrons. The Hall–Kier alpha value is -2.11. The number of aryl methyl sites for hydroxylation is 1. The highest BCUT2D eigenvalue weighted by Gasteiger charge is 2.26. The quantitative estimate of drug-likeness (QED) is 0.673. The van der Waals surface area contributed by atoms with Gasteiger partial charge in [-0.25, -0.2) is 4.79 Å². The molecule has 1 aromatic heterocycles. The minimum Gasteiger partial charge on any atom is -0.506 e. The number of carbonyl (C=O) groups excluding carboxylic acids is 1. The van der Waals surface area contributed by atoms with E-state index >= 15 is 0 Å². The molecule has 0 saturated carbocycles. The number of aromatic hydroxyl groups is 1. The van der Waals surface area contributed by atoms with E-state index in [0.717, 1.165) is 18.5 Å². The van der Waals surface area contributed by atoms with Crippen molar-refractivity contribution in [3.63, 3.8) is 0 Å². The van der Waals surface area contributed by atoms with Crippen LogP contribution < -0.4 is 0 Å². The average molecular weight is 278 g/mol. The monoisotopic (exact) mass is 278 g/mol. The van der Waals surface area contributed by atoms with E-state index in [1.165, 1.54) is 6.20 Å². The topological polar surface area (TPSA) is 81.0 Å². The molecule has 0 fully saturated rings. The van der Waals surface area contributed by atoms with Crippen LogP contribution in [0.25, 0.3) is 0 Å². The van der Waals surface area contributed by atoms with Crippen LogP contribution in [0.15, 0.2) is 11.4 Å². The summed E-state index contributed by atoms with van der Waals surface area (Å²) in [5, 5.41) is 14.3. The number of hydrogen-bond acceptors (Lipinski definition) is 6. The molecule has 0 saturated heterocycles. The molecule has 1 heterocycles. The van der Waals surface area contributed by atoms with Crippen molar-refractivity contribution in [2.24, 2.45) is 5.16 Å². The van der Waals surface area contributed by atoms with E-state index in [9.17, 15) is 9.90 Å². The standard InChI is InChI=1S/C14H18N2O4/c1-3-19-14(18)9-8-15-10-6-5-7-11(16-20-4-2)12(10)13(9)17/h8H,3-7H2,1-2H3,(H,15,17)/b16-11-. The van der Waals surface area contributed by atoms with Crippen LogP contribution in [0.2, 0.25) is 0 Å². The lowest BCUT2D eigenvalue weighted by Crippen LogP contribution is -2.17. The molecular formula is C14H18N2O4. The molecule has 0 atom stereocenters. The zero-order valence-corrected chi connectivity index (χ0v) is 11.7. The lowest BCUT2D eigenvalue weighted by molar-refractivity contribution is 0.0522. The van der Waals surface area contributed by atoms with E-state index in [1.54, 1.807) is 6.92 Å². The Morgan fingerprint density at radius 3 is 2.90 bits per heavy atom. The van der Waals surface area contributed by atoms with Gasteiger partial charge in [-0.3, -0.25) is 4.98 Å². The molecule has 6 heteroatoms. The SMILES string of the molecule is CCO/N=C1/CCCc2ncc(C(=O)OCC)c(O)c21. The third kappa shape index (κ3) is 2.74. The summed E-state index contributed by atoms with van der Waals surface area (Å²) in [6.07, 6.45) is 3.69. The Morgan fingerprint density at radius 1 is 1.40 bits per heavy atom. The predicted octanol–water partition coefficient (Wildman–Crippen LogP) is 2.04. The van der Waals surface area contributed by atoms with Crippen LogP contribution in [-0.2, 0) is 16.0 Å².